The van der Waals surface area contributed by atoms with E-state index in [1.54, 1.807) is 19.1 Å². The van der Waals surface area contributed by atoms with Crippen molar-refractivity contribution in [2.45, 2.75) is 26.3 Å². The van der Waals surface area contributed by atoms with Gasteiger partial charge in [0, 0.05) is 12.0 Å². The molecule has 0 spiro atoms. The Morgan fingerprint density at radius 1 is 1.36 bits per heavy atom. The van der Waals surface area contributed by atoms with E-state index in [2.05, 4.69) is 15.0 Å². The Morgan fingerprint density at radius 3 is 2.76 bits per heavy atom. The highest BCUT2D eigenvalue weighted by molar-refractivity contribution is 7.92. The molecule has 1 unspecified atom stereocenters. The van der Waals surface area contributed by atoms with Crippen LogP contribution < -0.4 is 14.8 Å². The number of anilines is 2. The molecule has 1 aromatic heterocycles. The second-order valence-electron chi connectivity index (χ2n) is 6.01. The third kappa shape index (κ3) is 4.19. The van der Waals surface area contributed by atoms with E-state index in [0.717, 1.165) is 11.3 Å². The van der Waals surface area contributed by atoms with Crippen LogP contribution in [0.2, 0.25) is 0 Å². The lowest BCUT2D eigenvalue weighted by Crippen LogP contribution is -2.29. The van der Waals surface area contributed by atoms with Crippen LogP contribution in [0.1, 0.15) is 25.0 Å². The van der Waals surface area contributed by atoms with Crippen molar-refractivity contribution in [1.29, 1.82) is 0 Å². The van der Waals surface area contributed by atoms with E-state index < -0.39 is 10.0 Å². The van der Waals surface area contributed by atoms with Crippen LogP contribution in [-0.2, 0) is 16.4 Å². The molecule has 1 aliphatic rings. The van der Waals surface area contributed by atoms with Crippen molar-refractivity contribution in [2.24, 2.45) is 0 Å². The van der Waals surface area contributed by atoms with E-state index in [0.29, 0.717) is 24.5 Å². The van der Waals surface area contributed by atoms with E-state index in [4.69, 9.17) is 4.74 Å². The average molecular weight is 365 g/mol. The first-order valence-electron chi connectivity index (χ1n) is 8.04. The highest BCUT2D eigenvalue weighted by Gasteiger charge is 2.21. The van der Waals surface area contributed by atoms with Crippen molar-refractivity contribution in [3.63, 3.8) is 0 Å². The maximum Gasteiger partial charge on any atom is 0.239 e. The summed E-state index contributed by atoms with van der Waals surface area (Å²) < 4.78 is 45.2. The number of nitrogens with zero attached hydrogens (tertiary/aromatic N) is 1. The topological polar surface area (TPSA) is 80.3 Å². The molecule has 1 atom stereocenters. The number of halogens is 1. The Hall–Kier alpha value is -2.35. The van der Waals surface area contributed by atoms with Crippen molar-refractivity contribution in [1.82, 2.24) is 4.98 Å². The van der Waals surface area contributed by atoms with Gasteiger partial charge in [-0.05, 0) is 37.6 Å². The molecule has 1 aliphatic heterocycles. The third-order valence-corrected chi connectivity index (χ3v) is 5.14. The molecular weight excluding hydrogens is 345 g/mol. The second kappa shape index (κ2) is 6.87. The standard InChI is InChI=1S/C17H20FN3O3S/c1-3-25(22,23)21-16-13(8-12-4-6-14(18)7-5-12)9-15-17(20-16)24-10-11(2)19-15/h4-7,9,11,19H,3,8,10H2,1-2H3,(H,20,21). The molecule has 6 nitrogen and oxygen atoms in total. The fraction of sp³-hybridized carbons (Fsp3) is 0.353. The number of aromatic nitrogens is 1. The molecule has 0 saturated carbocycles. The first-order valence-corrected chi connectivity index (χ1v) is 9.69. The number of hydrogen-bond donors (Lipinski definition) is 2. The quantitative estimate of drug-likeness (QED) is 0.852. The minimum Gasteiger partial charge on any atom is -0.474 e. The molecule has 0 fully saturated rings. The summed E-state index contributed by atoms with van der Waals surface area (Å²) in [6.07, 6.45) is 0.415. The van der Waals surface area contributed by atoms with Crippen LogP contribution in [-0.4, -0.2) is 31.8 Å². The number of pyridine rings is 1. The summed E-state index contributed by atoms with van der Waals surface area (Å²) in [5, 5.41) is 3.27. The van der Waals surface area contributed by atoms with E-state index >= 15 is 0 Å². The second-order valence-corrected chi connectivity index (χ2v) is 8.02. The van der Waals surface area contributed by atoms with Gasteiger partial charge >= 0.3 is 0 Å². The van der Waals surface area contributed by atoms with Crippen molar-refractivity contribution in [2.75, 3.05) is 22.4 Å². The highest BCUT2D eigenvalue weighted by atomic mass is 32.2. The predicted octanol–water partition coefficient (Wildman–Crippen LogP) is 2.77. The molecule has 2 aromatic rings. The van der Waals surface area contributed by atoms with Crippen LogP contribution in [0.5, 0.6) is 5.88 Å². The fourth-order valence-electron chi connectivity index (χ4n) is 2.53. The van der Waals surface area contributed by atoms with Gasteiger partial charge in [-0.15, -0.1) is 0 Å². The summed E-state index contributed by atoms with van der Waals surface area (Å²) in [6, 6.07) is 8.04. The lowest BCUT2D eigenvalue weighted by Gasteiger charge is -2.25. The van der Waals surface area contributed by atoms with Gasteiger partial charge in [0.1, 0.15) is 18.2 Å². The van der Waals surface area contributed by atoms with Crippen LogP contribution in [0.3, 0.4) is 0 Å². The summed E-state index contributed by atoms with van der Waals surface area (Å²) in [5.41, 5.74) is 2.26. The lowest BCUT2D eigenvalue weighted by molar-refractivity contribution is 0.281. The zero-order valence-electron chi connectivity index (χ0n) is 14.0. The number of sulfonamides is 1. The van der Waals surface area contributed by atoms with Gasteiger partial charge in [0.2, 0.25) is 15.9 Å². The first kappa shape index (κ1) is 17.5. The zero-order valence-corrected chi connectivity index (χ0v) is 14.9. The van der Waals surface area contributed by atoms with E-state index in [1.165, 1.54) is 12.1 Å². The highest BCUT2D eigenvalue weighted by Crippen LogP contribution is 2.32. The predicted molar refractivity (Wildman–Crippen MR) is 95.1 cm³/mol. The van der Waals surface area contributed by atoms with Crippen LogP contribution in [0.15, 0.2) is 30.3 Å². The molecule has 3 rings (SSSR count). The number of fused-ring (bicyclic) bond motifs is 1. The van der Waals surface area contributed by atoms with Crippen molar-refractivity contribution >= 4 is 21.5 Å². The molecule has 0 saturated heterocycles. The van der Waals surface area contributed by atoms with Gasteiger partial charge in [0.25, 0.3) is 0 Å². The van der Waals surface area contributed by atoms with E-state index in [9.17, 15) is 12.8 Å². The van der Waals surface area contributed by atoms with Gasteiger partial charge in [-0.2, -0.15) is 4.98 Å². The van der Waals surface area contributed by atoms with Crippen molar-refractivity contribution in [3.8, 4) is 5.88 Å². The molecule has 25 heavy (non-hydrogen) atoms. The van der Waals surface area contributed by atoms with Gasteiger partial charge < -0.3 is 10.1 Å². The van der Waals surface area contributed by atoms with Gasteiger partial charge in [-0.3, -0.25) is 4.72 Å². The lowest BCUT2D eigenvalue weighted by atomic mass is 10.0. The Balaban J connectivity index is 2.00. The molecule has 2 heterocycles. The number of nitrogens with one attached hydrogen (secondary N) is 2. The minimum atomic E-state index is -3.48. The normalized spacial score (nSPS) is 16.5. The summed E-state index contributed by atoms with van der Waals surface area (Å²) in [5.74, 6) is 0.233. The van der Waals surface area contributed by atoms with Crippen LogP contribution in [0, 0.1) is 5.82 Å². The maximum atomic E-state index is 13.1. The van der Waals surface area contributed by atoms with Gasteiger partial charge in [0.05, 0.1) is 17.5 Å². The van der Waals surface area contributed by atoms with Crippen molar-refractivity contribution in [3.05, 3.63) is 47.3 Å². The Labute approximate surface area is 146 Å². The summed E-state index contributed by atoms with van der Waals surface area (Å²) in [6.45, 7) is 3.99. The molecule has 0 radical (unpaired) electrons. The van der Waals surface area contributed by atoms with Gasteiger partial charge in [-0.1, -0.05) is 12.1 Å². The summed E-state index contributed by atoms with van der Waals surface area (Å²) in [4.78, 5) is 4.35. The molecule has 0 amide bonds. The first-order chi connectivity index (χ1) is 11.9. The number of ether oxygens (including phenoxy) is 1. The van der Waals surface area contributed by atoms with Crippen molar-refractivity contribution < 1.29 is 17.5 Å². The van der Waals surface area contributed by atoms with Crippen LogP contribution in [0.4, 0.5) is 15.9 Å². The summed E-state index contributed by atoms with van der Waals surface area (Å²) in [7, 11) is -3.48. The molecule has 1 aromatic carbocycles. The third-order valence-electron chi connectivity index (χ3n) is 3.88. The molecular formula is C17H20FN3O3S. The number of rotatable bonds is 5. The SMILES string of the molecule is CCS(=O)(=O)Nc1nc2c(cc1Cc1ccc(F)cc1)NC(C)CO2. The molecule has 8 heteroatoms. The Kier molecular flexibility index (Phi) is 4.80. The Morgan fingerprint density at radius 2 is 2.08 bits per heavy atom. The summed E-state index contributed by atoms with van der Waals surface area (Å²) >= 11 is 0. The molecule has 2 N–H and O–H groups in total. The smallest absolute Gasteiger partial charge is 0.239 e. The monoisotopic (exact) mass is 365 g/mol. The zero-order chi connectivity index (χ0) is 18.0. The molecule has 0 bridgehead atoms. The van der Waals surface area contributed by atoms with Crippen LogP contribution >= 0.6 is 0 Å². The Bertz CT molecular complexity index is 869. The number of benzene rings is 1. The molecule has 0 aliphatic carbocycles. The minimum absolute atomic E-state index is 0.0576. The maximum absolute atomic E-state index is 13.1. The number of hydrogen-bond acceptors (Lipinski definition) is 5. The average Bonchev–Trinajstić information content (AvgIpc) is 2.57. The van der Waals surface area contributed by atoms with E-state index in [-0.39, 0.29) is 23.4 Å². The van der Waals surface area contributed by atoms with E-state index in [1.807, 2.05) is 13.0 Å². The van der Waals surface area contributed by atoms with Gasteiger partial charge in [-0.25, -0.2) is 12.8 Å². The molecule has 134 valence electrons. The fourth-order valence-corrected chi connectivity index (χ4v) is 3.14. The van der Waals surface area contributed by atoms with Crippen LogP contribution in [0.25, 0.3) is 0 Å². The van der Waals surface area contributed by atoms with Gasteiger partial charge in [0.15, 0.2) is 0 Å². The largest absolute Gasteiger partial charge is 0.474 e.